The van der Waals surface area contributed by atoms with E-state index >= 15 is 0 Å². The van der Waals surface area contributed by atoms with E-state index in [2.05, 4.69) is 0 Å². The molecule has 13 heavy (non-hydrogen) atoms. The first-order valence-electron chi connectivity index (χ1n) is 3.41. The largest absolute Gasteiger partial charge is 0.322 e. The van der Waals surface area contributed by atoms with Gasteiger partial charge in [0.15, 0.2) is 0 Å². The van der Waals surface area contributed by atoms with Crippen molar-refractivity contribution >= 4 is 24.0 Å². The number of alkyl halides is 1. The summed E-state index contributed by atoms with van der Waals surface area (Å²) in [6, 6.07) is 3.21. The molecular weight excluding hydrogens is 219 g/mol. The van der Waals surface area contributed by atoms with Crippen LogP contribution in [0.4, 0.5) is 8.78 Å². The third kappa shape index (κ3) is 3.10. The van der Waals surface area contributed by atoms with E-state index in [1.807, 2.05) is 0 Å². The van der Waals surface area contributed by atoms with E-state index < -0.39 is 18.5 Å². The molecule has 0 unspecified atom stereocenters. The molecular formula is C8H9Cl2F2N. The zero-order valence-electron chi connectivity index (χ0n) is 6.64. The van der Waals surface area contributed by atoms with Crippen molar-refractivity contribution in [2.45, 2.75) is 6.04 Å². The number of hydrogen-bond donors (Lipinski definition) is 1. The minimum absolute atomic E-state index is 0. The third-order valence-corrected chi connectivity index (χ3v) is 1.83. The van der Waals surface area contributed by atoms with Crippen LogP contribution in [0.2, 0.25) is 5.02 Å². The fraction of sp³-hybridized carbons (Fsp3) is 0.250. The molecule has 0 spiro atoms. The van der Waals surface area contributed by atoms with E-state index in [4.69, 9.17) is 17.3 Å². The van der Waals surface area contributed by atoms with Gasteiger partial charge in [-0.1, -0.05) is 17.7 Å². The standard InChI is InChI=1S/C8H8ClF2N.ClH/c9-6-3-5(8(12)4-10)1-2-7(6)11;/h1-3,8H,4,12H2;1H/t8-;/m1./s1. The van der Waals surface area contributed by atoms with Crippen molar-refractivity contribution in [2.24, 2.45) is 5.73 Å². The van der Waals surface area contributed by atoms with E-state index in [0.717, 1.165) is 0 Å². The SMILES string of the molecule is Cl.N[C@H](CF)c1ccc(F)c(Cl)c1. The molecule has 1 aromatic rings. The Morgan fingerprint density at radius 3 is 2.54 bits per heavy atom. The first-order valence-corrected chi connectivity index (χ1v) is 3.79. The van der Waals surface area contributed by atoms with Gasteiger partial charge in [0.25, 0.3) is 0 Å². The van der Waals surface area contributed by atoms with E-state index in [0.29, 0.717) is 5.56 Å². The molecule has 5 heteroatoms. The van der Waals surface area contributed by atoms with Crippen molar-refractivity contribution < 1.29 is 8.78 Å². The Balaban J connectivity index is 0.00000144. The van der Waals surface area contributed by atoms with Crippen LogP contribution in [-0.2, 0) is 0 Å². The zero-order valence-corrected chi connectivity index (χ0v) is 8.21. The van der Waals surface area contributed by atoms with Crippen LogP contribution in [0.15, 0.2) is 18.2 Å². The monoisotopic (exact) mass is 227 g/mol. The van der Waals surface area contributed by atoms with Gasteiger partial charge in [0.05, 0.1) is 11.1 Å². The predicted octanol–water partition coefficient (Wildman–Crippen LogP) is 2.87. The number of halogens is 4. The molecule has 1 rings (SSSR count). The Morgan fingerprint density at radius 1 is 1.46 bits per heavy atom. The number of nitrogens with two attached hydrogens (primary N) is 1. The minimum Gasteiger partial charge on any atom is -0.322 e. The highest BCUT2D eigenvalue weighted by Gasteiger charge is 2.07. The lowest BCUT2D eigenvalue weighted by molar-refractivity contribution is 0.437. The molecule has 74 valence electrons. The van der Waals surface area contributed by atoms with Crippen molar-refractivity contribution in [3.63, 3.8) is 0 Å². The van der Waals surface area contributed by atoms with Crippen molar-refractivity contribution in [1.29, 1.82) is 0 Å². The van der Waals surface area contributed by atoms with Crippen LogP contribution < -0.4 is 5.73 Å². The molecule has 0 aromatic heterocycles. The van der Waals surface area contributed by atoms with Crippen molar-refractivity contribution in [2.75, 3.05) is 6.67 Å². The summed E-state index contributed by atoms with van der Waals surface area (Å²) in [5.74, 6) is -0.522. The van der Waals surface area contributed by atoms with E-state index in [-0.39, 0.29) is 17.4 Å². The first kappa shape index (κ1) is 12.6. The van der Waals surface area contributed by atoms with Gasteiger partial charge in [0.2, 0.25) is 0 Å². The fourth-order valence-corrected chi connectivity index (χ4v) is 1.02. The molecule has 0 saturated heterocycles. The van der Waals surface area contributed by atoms with Gasteiger partial charge in [-0.3, -0.25) is 0 Å². The maximum Gasteiger partial charge on any atom is 0.141 e. The van der Waals surface area contributed by atoms with Crippen LogP contribution in [0, 0.1) is 5.82 Å². The smallest absolute Gasteiger partial charge is 0.141 e. The van der Waals surface area contributed by atoms with Crippen LogP contribution in [0.1, 0.15) is 11.6 Å². The lowest BCUT2D eigenvalue weighted by Crippen LogP contribution is -2.11. The second kappa shape index (κ2) is 5.37. The van der Waals surface area contributed by atoms with E-state index in [9.17, 15) is 8.78 Å². The van der Waals surface area contributed by atoms with E-state index in [1.54, 1.807) is 0 Å². The summed E-state index contributed by atoms with van der Waals surface area (Å²) in [4.78, 5) is 0. The summed E-state index contributed by atoms with van der Waals surface area (Å²) in [6.45, 7) is -0.679. The van der Waals surface area contributed by atoms with Crippen molar-refractivity contribution in [3.05, 3.63) is 34.6 Å². The van der Waals surface area contributed by atoms with Crippen LogP contribution >= 0.6 is 24.0 Å². The van der Waals surface area contributed by atoms with Crippen LogP contribution in [0.3, 0.4) is 0 Å². The second-order valence-electron chi connectivity index (χ2n) is 2.43. The topological polar surface area (TPSA) is 26.0 Å². The molecule has 0 saturated carbocycles. The Morgan fingerprint density at radius 2 is 2.08 bits per heavy atom. The lowest BCUT2D eigenvalue weighted by atomic mass is 10.1. The van der Waals surface area contributed by atoms with Gasteiger partial charge in [-0.15, -0.1) is 12.4 Å². The Hall–Kier alpha value is -0.380. The van der Waals surface area contributed by atoms with Crippen LogP contribution in [0.25, 0.3) is 0 Å². The maximum absolute atomic E-state index is 12.6. The molecule has 0 heterocycles. The summed E-state index contributed by atoms with van der Waals surface area (Å²) < 4.78 is 24.6. The van der Waals surface area contributed by atoms with Crippen LogP contribution in [-0.4, -0.2) is 6.67 Å². The molecule has 0 fully saturated rings. The van der Waals surface area contributed by atoms with Gasteiger partial charge >= 0.3 is 0 Å². The highest BCUT2D eigenvalue weighted by Crippen LogP contribution is 2.19. The average molecular weight is 228 g/mol. The first-order chi connectivity index (χ1) is 5.65. The number of benzene rings is 1. The molecule has 2 N–H and O–H groups in total. The highest BCUT2D eigenvalue weighted by molar-refractivity contribution is 6.30. The van der Waals surface area contributed by atoms with Gasteiger partial charge in [0, 0.05) is 0 Å². The Kier molecular flexibility index (Phi) is 5.21. The summed E-state index contributed by atoms with van der Waals surface area (Å²) in [7, 11) is 0. The molecule has 1 nitrogen and oxygen atoms in total. The van der Waals surface area contributed by atoms with Crippen LogP contribution in [0.5, 0.6) is 0 Å². The maximum atomic E-state index is 12.6. The van der Waals surface area contributed by atoms with Gasteiger partial charge in [0.1, 0.15) is 12.5 Å². The molecule has 0 aliphatic carbocycles. The quantitative estimate of drug-likeness (QED) is 0.827. The summed E-state index contributed by atoms with van der Waals surface area (Å²) in [5.41, 5.74) is 5.86. The minimum atomic E-state index is -0.719. The van der Waals surface area contributed by atoms with Gasteiger partial charge < -0.3 is 5.73 Å². The molecule has 1 aromatic carbocycles. The zero-order chi connectivity index (χ0) is 9.14. The number of hydrogen-bond acceptors (Lipinski definition) is 1. The molecule has 0 aliphatic rings. The van der Waals surface area contributed by atoms with Gasteiger partial charge in [-0.25, -0.2) is 8.78 Å². The average Bonchev–Trinajstić information content (AvgIpc) is 2.08. The molecule has 0 aliphatic heterocycles. The van der Waals surface area contributed by atoms with Gasteiger partial charge in [-0.2, -0.15) is 0 Å². The second-order valence-corrected chi connectivity index (χ2v) is 2.84. The Labute approximate surface area is 86.3 Å². The van der Waals surface area contributed by atoms with Gasteiger partial charge in [-0.05, 0) is 17.7 Å². The molecule has 1 atom stereocenters. The summed E-state index contributed by atoms with van der Waals surface area (Å²) in [5, 5.41) is -0.0311. The van der Waals surface area contributed by atoms with Crippen molar-refractivity contribution in [3.8, 4) is 0 Å². The Bertz CT molecular complexity index is 281. The van der Waals surface area contributed by atoms with E-state index in [1.165, 1.54) is 18.2 Å². The normalized spacial score (nSPS) is 12.0. The predicted molar refractivity (Wildman–Crippen MR) is 51.6 cm³/mol. The number of rotatable bonds is 2. The fourth-order valence-electron chi connectivity index (χ4n) is 0.832. The summed E-state index contributed by atoms with van der Waals surface area (Å²) >= 11 is 5.46. The van der Waals surface area contributed by atoms with Crippen molar-refractivity contribution in [1.82, 2.24) is 0 Å². The molecule has 0 amide bonds. The third-order valence-electron chi connectivity index (χ3n) is 1.54. The lowest BCUT2D eigenvalue weighted by Gasteiger charge is -2.07. The summed E-state index contributed by atoms with van der Waals surface area (Å²) in [6.07, 6.45) is 0. The molecule has 0 radical (unpaired) electrons. The molecule has 0 bridgehead atoms. The highest BCUT2D eigenvalue weighted by atomic mass is 35.5.